The minimum Gasteiger partial charge on any atom is -0.302 e. The fourth-order valence-corrected chi connectivity index (χ4v) is 6.05. The first kappa shape index (κ1) is 25.1. The molecule has 1 saturated carbocycles. The lowest BCUT2D eigenvalue weighted by atomic mass is 9.89. The van der Waals surface area contributed by atoms with Gasteiger partial charge in [-0.15, -0.1) is 12.4 Å². The zero-order chi connectivity index (χ0) is 21.8. The standard InChI is InChI=1S/C26H36N2O2S.ClH/c1-20(2)22-9-12-26(13-10-22)31(29,30)27-25-11-8-23-14-16-28(17-15-24(23)18-25)19-21-6-4-3-5-7-21;/h8-13,18,20-21,27H,3-7,14-17,19H2,1-2H3;1H. The molecule has 1 heterocycles. The van der Waals surface area contributed by atoms with Gasteiger partial charge in [-0.25, -0.2) is 8.42 Å². The Morgan fingerprint density at radius 1 is 0.938 bits per heavy atom. The Hall–Kier alpha value is -1.56. The summed E-state index contributed by atoms with van der Waals surface area (Å²) in [5.74, 6) is 1.24. The maximum Gasteiger partial charge on any atom is 0.261 e. The second-order valence-corrected chi connectivity index (χ2v) is 11.3. The van der Waals surface area contributed by atoms with Gasteiger partial charge >= 0.3 is 0 Å². The highest BCUT2D eigenvalue weighted by Gasteiger charge is 2.21. The van der Waals surface area contributed by atoms with Crippen molar-refractivity contribution in [2.75, 3.05) is 24.4 Å². The third-order valence-electron chi connectivity index (χ3n) is 6.95. The average molecular weight is 477 g/mol. The summed E-state index contributed by atoms with van der Waals surface area (Å²) in [6.45, 7) is 7.61. The van der Waals surface area contributed by atoms with Gasteiger partial charge < -0.3 is 4.90 Å². The Labute approximate surface area is 200 Å². The highest BCUT2D eigenvalue weighted by Crippen LogP contribution is 2.27. The lowest BCUT2D eigenvalue weighted by molar-refractivity contribution is 0.207. The zero-order valence-corrected chi connectivity index (χ0v) is 21.0. The Morgan fingerprint density at radius 3 is 2.25 bits per heavy atom. The van der Waals surface area contributed by atoms with Crippen molar-refractivity contribution in [2.45, 2.75) is 69.6 Å². The van der Waals surface area contributed by atoms with E-state index in [1.165, 1.54) is 49.8 Å². The van der Waals surface area contributed by atoms with Gasteiger partial charge in [-0.1, -0.05) is 51.3 Å². The second kappa shape index (κ2) is 11.0. The van der Waals surface area contributed by atoms with Crippen LogP contribution in [-0.2, 0) is 22.9 Å². The largest absolute Gasteiger partial charge is 0.302 e. The highest BCUT2D eigenvalue weighted by atomic mass is 35.5. The van der Waals surface area contributed by atoms with Crippen LogP contribution < -0.4 is 4.72 Å². The van der Waals surface area contributed by atoms with Crippen LogP contribution >= 0.6 is 12.4 Å². The van der Waals surface area contributed by atoms with Crippen molar-refractivity contribution in [1.29, 1.82) is 0 Å². The number of fused-ring (bicyclic) bond motifs is 1. The minimum absolute atomic E-state index is 0. The summed E-state index contributed by atoms with van der Waals surface area (Å²) in [6.07, 6.45) is 8.99. The summed E-state index contributed by atoms with van der Waals surface area (Å²) in [4.78, 5) is 2.93. The number of hydrogen-bond acceptors (Lipinski definition) is 3. The summed E-state index contributed by atoms with van der Waals surface area (Å²) < 4.78 is 28.5. The number of halogens is 1. The molecule has 176 valence electrons. The lowest BCUT2D eigenvalue weighted by Crippen LogP contribution is -2.32. The topological polar surface area (TPSA) is 49.4 Å². The van der Waals surface area contributed by atoms with Crippen molar-refractivity contribution in [3.63, 3.8) is 0 Å². The molecule has 2 aromatic rings. The number of rotatable bonds is 6. The van der Waals surface area contributed by atoms with Gasteiger partial charge in [0.05, 0.1) is 4.90 Å². The van der Waals surface area contributed by atoms with Gasteiger partial charge in [-0.05, 0) is 78.5 Å². The zero-order valence-electron chi connectivity index (χ0n) is 19.3. The van der Waals surface area contributed by atoms with E-state index in [-0.39, 0.29) is 12.4 Å². The van der Waals surface area contributed by atoms with Gasteiger partial charge in [-0.3, -0.25) is 4.72 Å². The number of anilines is 1. The predicted octanol–water partition coefficient (Wildman–Crippen LogP) is 6.01. The van der Waals surface area contributed by atoms with Crippen molar-refractivity contribution in [2.24, 2.45) is 5.92 Å². The number of nitrogens with one attached hydrogen (secondary N) is 1. The van der Waals surface area contributed by atoms with Crippen LogP contribution in [0.15, 0.2) is 47.4 Å². The number of benzene rings is 2. The molecule has 2 aliphatic rings. The predicted molar refractivity (Wildman–Crippen MR) is 135 cm³/mol. The van der Waals surface area contributed by atoms with E-state index < -0.39 is 10.0 Å². The summed E-state index contributed by atoms with van der Waals surface area (Å²) in [5, 5.41) is 0. The number of nitrogens with zero attached hydrogens (tertiary/aromatic N) is 1. The van der Waals surface area contributed by atoms with E-state index in [0.29, 0.717) is 16.5 Å². The van der Waals surface area contributed by atoms with Crippen LogP contribution in [0.1, 0.15) is 68.6 Å². The van der Waals surface area contributed by atoms with Crippen molar-refractivity contribution in [1.82, 2.24) is 4.90 Å². The van der Waals surface area contributed by atoms with E-state index in [1.807, 2.05) is 24.3 Å². The molecule has 0 aromatic heterocycles. The molecule has 0 saturated heterocycles. The monoisotopic (exact) mass is 476 g/mol. The van der Waals surface area contributed by atoms with Crippen molar-refractivity contribution in [3.05, 3.63) is 59.2 Å². The van der Waals surface area contributed by atoms with Gasteiger partial charge in [-0.2, -0.15) is 0 Å². The Bertz CT molecular complexity index is 983. The van der Waals surface area contributed by atoms with Crippen LogP contribution in [0, 0.1) is 5.92 Å². The molecule has 6 heteroatoms. The molecular weight excluding hydrogens is 440 g/mol. The molecular formula is C26H37ClN2O2S. The maximum atomic E-state index is 12.9. The highest BCUT2D eigenvalue weighted by molar-refractivity contribution is 7.92. The van der Waals surface area contributed by atoms with Crippen molar-refractivity contribution in [3.8, 4) is 0 Å². The summed E-state index contributed by atoms with van der Waals surface area (Å²) >= 11 is 0. The molecule has 4 rings (SSSR count). The Morgan fingerprint density at radius 2 is 1.59 bits per heavy atom. The molecule has 0 bridgehead atoms. The van der Waals surface area contributed by atoms with Gasteiger partial charge in [0, 0.05) is 25.3 Å². The van der Waals surface area contributed by atoms with Crippen molar-refractivity contribution < 1.29 is 8.42 Å². The van der Waals surface area contributed by atoms with E-state index in [4.69, 9.17) is 0 Å². The molecule has 0 radical (unpaired) electrons. The molecule has 2 aromatic carbocycles. The third-order valence-corrected chi connectivity index (χ3v) is 8.35. The second-order valence-electron chi connectivity index (χ2n) is 9.62. The minimum atomic E-state index is -3.58. The fraction of sp³-hybridized carbons (Fsp3) is 0.538. The smallest absolute Gasteiger partial charge is 0.261 e. The molecule has 1 aliphatic heterocycles. The molecule has 1 N–H and O–H groups in total. The van der Waals surface area contributed by atoms with Crippen LogP contribution in [-0.4, -0.2) is 33.0 Å². The van der Waals surface area contributed by atoms with Crippen LogP contribution in [0.2, 0.25) is 0 Å². The van der Waals surface area contributed by atoms with E-state index in [0.717, 1.165) is 37.4 Å². The number of hydrogen-bond donors (Lipinski definition) is 1. The van der Waals surface area contributed by atoms with Crippen LogP contribution in [0.3, 0.4) is 0 Å². The van der Waals surface area contributed by atoms with Gasteiger partial charge in [0.1, 0.15) is 0 Å². The van der Waals surface area contributed by atoms with E-state index in [2.05, 4.69) is 29.5 Å². The van der Waals surface area contributed by atoms with Crippen LogP contribution in [0.5, 0.6) is 0 Å². The van der Waals surface area contributed by atoms with E-state index >= 15 is 0 Å². The molecule has 1 aliphatic carbocycles. The van der Waals surface area contributed by atoms with Crippen LogP contribution in [0.25, 0.3) is 0 Å². The van der Waals surface area contributed by atoms with Crippen LogP contribution in [0.4, 0.5) is 5.69 Å². The Kier molecular flexibility index (Phi) is 8.65. The molecule has 4 nitrogen and oxygen atoms in total. The van der Waals surface area contributed by atoms with E-state index in [1.54, 1.807) is 12.1 Å². The van der Waals surface area contributed by atoms with Crippen molar-refractivity contribution >= 4 is 28.1 Å². The molecule has 32 heavy (non-hydrogen) atoms. The first-order valence-electron chi connectivity index (χ1n) is 11.9. The maximum absolute atomic E-state index is 12.9. The molecule has 0 unspecified atom stereocenters. The van der Waals surface area contributed by atoms with Gasteiger partial charge in [0.15, 0.2) is 0 Å². The SMILES string of the molecule is CC(C)c1ccc(S(=O)(=O)Nc2ccc3c(c2)CCN(CC2CCCCC2)CC3)cc1.Cl. The van der Waals surface area contributed by atoms with Gasteiger partial charge in [0.2, 0.25) is 0 Å². The molecule has 1 fully saturated rings. The fourth-order valence-electron chi connectivity index (χ4n) is 5.00. The first-order chi connectivity index (χ1) is 14.9. The number of sulfonamides is 1. The normalized spacial score (nSPS) is 18.0. The molecule has 0 amide bonds. The van der Waals surface area contributed by atoms with Gasteiger partial charge in [0.25, 0.3) is 10.0 Å². The summed E-state index contributed by atoms with van der Waals surface area (Å²) in [6, 6.07) is 13.3. The average Bonchev–Trinajstić information content (AvgIpc) is 2.96. The quantitative estimate of drug-likeness (QED) is 0.555. The summed E-state index contributed by atoms with van der Waals surface area (Å²) in [5.41, 5.74) is 4.44. The Balaban J connectivity index is 0.00000289. The first-order valence-corrected chi connectivity index (χ1v) is 13.4. The molecule has 0 spiro atoms. The lowest BCUT2D eigenvalue weighted by Gasteiger charge is -2.28. The molecule has 0 atom stereocenters. The summed E-state index contributed by atoms with van der Waals surface area (Å²) in [7, 11) is -3.58. The third kappa shape index (κ3) is 6.27. The van der Waals surface area contributed by atoms with E-state index in [9.17, 15) is 8.42 Å².